The SMILES string of the molecule is OCC1OC2OC3C(CO)OC(OC4C(CO)OCC(O)C4O)C(O)C3OC2C(O)C1O. The summed E-state index contributed by atoms with van der Waals surface area (Å²) in [5.41, 5.74) is 0. The third-order valence-electron chi connectivity index (χ3n) is 6.27. The standard InChI is InChI=1S/C18H30O14/c19-1-6-10(24)11(25)16-18(28-6)32-14-8(3-21)29-17(12(26)15(14)30-16)31-13-7(2-20)27-4-5(22)9(13)23/h5-26H,1-4H2. The van der Waals surface area contributed by atoms with Crippen molar-refractivity contribution in [3.8, 4) is 0 Å². The Hall–Kier alpha value is -0.560. The van der Waals surface area contributed by atoms with E-state index in [1.165, 1.54) is 0 Å². The van der Waals surface area contributed by atoms with E-state index in [1.807, 2.05) is 0 Å². The van der Waals surface area contributed by atoms with E-state index in [1.54, 1.807) is 0 Å². The van der Waals surface area contributed by atoms with E-state index in [0.717, 1.165) is 0 Å². The van der Waals surface area contributed by atoms with Gasteiger partial charge in [0.1, 0.15) is 73.2 Å². The van der Waals surface area contributed by atoms with Gasteiger partial charge in [-0.3, -0.25) is 0 Å². The van der Waals surface area contributed by atoms with Crippen molar-refractivity contribution >= 4 is 0 Å². The predicted molar refractivity (Wildman–Crippen MR) is 96.8 cm³/mol. The predicted octanol–water partition coefficient (Wildman–Crippen LogP) is -5.85. The molecule has 4 fully saturated rings. The largest absolute Gasteiger partial charge is 0.394 e. The van der Waals surface area contributed by atoms with Gasteiger partial charge in [-0.2, -0.15) is 0 Å². The lowest BCUT2D eigenvalue weighted by molar-refractivity contribution is -0.419. The van der Waals surface area contributed by atoms with E-state index >= 15 is 0 Å². The summed E-state index contributed by atoms with van der Waals surface area (Å²) in [6.07, 6.45) is -18.0. The molecule has 32 heavy (non-hydrogen) atoms. The minimum atomic E-state index is -1.56. The fraction of sp³-hybridized carbons (Fsp3) is 1.00. The van der Waals surface area contributed by atoms with Crippen LogP contribution in [0.1, 0.15) is 0 Å². The Bertz CT molecular complexity index is 622. The summed E-state index contributed by atoms with van der Waals surface area (Å²) in [5.74, 6) is 0. The number of ether oxygens (including phenoxy) is 6. The van der Waals surface area contributed by atoms with Crippen LogP contribution in [-0.4, -0.2) is 153 Å². The van der Waals surface area contributed by atoms with Gasteiger partial charge >= 0.3 is 0 Å². The summed E-state index contributed by atoms with van der Waals surface area (Å²) in [6.45, 7) is -1.93. The summed E-state index contributed by atoms with van der Waals surface area (Å²) in [6, 6.07) is 0. The average Bonchev–Trinajstić information content (AvgIpc) is 2.80. The molecule has 0 aliphatic carbocycles. The number of aliphatic hydroxyl groups is 8. The highest BCUT2D eigenvalue weighted by Gasteiger charge is 2.58. The first-order valence-corrected chi connectivity index (χ1v) is 10.4. The molecule has 14 unspecified atom stereocenters. The molecular formula is C18H30O14. The minimum Gasteiger partial charge on any atom is -0.394 e. The Morgan fingerprint density at radius 2 is 1.31 bits per heavy atom. The molecule has 14 nitrogen and oxygen atoms in total. The van der Waals surface area contributed by atoms with E-state index in [4.69, 9.17) is 28.4 Å². The van der Waals surface area contributed by atoms with Crippen molar-refractivity contribution in [2.75, 3.05) is 26.4 Å². The third kappa shape index (κ3) is 4.30. The number of aliphatic hydroxyl groups excluding tert-OH is 8. The summed E-state index contributed by atoms with van der Waals surface area (Å²) >= 11 is 0. The van der Waals surface area contributed by atoms with Crippen LogP contribution in [0.3, 0.4) is 0 Å². The van der Waals surface area contributed by atoms with Gasteiger partial charge in [-0.15, -0.1) is 0 Å². The molecule has 4 aliphatic heterocycles. The first-order chi connectivity index (χ1) is 15.3. The van der Waals surface area contributed by atoms with Crippen LogP contribution in [0.4, 0.5) is 0 Å². The van der Waals surface area contributed by atoms with Crippen LogP contribution >= 0.6 is 0 Å². The van der Waals surface area contributed by atoms with E-state index in [9.17, 15) is 40.9 Å². The molecule has 4 heterocycles. The summed E-state index contributed by atoms with van der Waals surface area (Å²) in [7, 11) is 0. The van der Waals surface area contributed by atoms with Crippen molar-refractivity contribution in [2.45, 2.75) is 85.8 Å². The fourth-order valence-electron chi connectivity index (χ4n) is 4.45. The first kappa shape index (κ1) is 24.6. The first-order valence-electron chi connectivity index (χ1n) is 10.4. The van der Waals surface area contributed by atoms with Gasteiger partial charge in [-0.1, -0.05) is 0 Å². The maximum absolute atomic E-state index is 10.9. The molecule has 0 radical (unpaired) electrons. The molecule has 4 aliphatic rings. The zero-order chi connectivity index (χ0) is 23.2. The molecule has 4 saturated heterocycles. The molecule has 8 N–H and O–H groups in total. The Balaban J connectivity index is 1.51. The minimum absolute atomic E-state index is 0.223. The van der Waals surface area contributed by atoms with E-state index in [2.05, 4.69) is 0 Å². The zero-order valence-corrected chi connectivity index (χ0v) is 16.9. The monoisotopic (exact) mass is 470 g/mol. The molecule has 14 heteroatoms. The van der Waals surface area contributed by atoms with Gasteiger partial charge in [0, 0.05) is 0 Å². The van der Waals surface area contributed by atoms with Gasteiger partial charge in [0.2, 0.25) is 0 Å². The fourth-order valence-corrected chi connectivity index (χ4v) is 4.45. The van der Waals surface area contributed by atoms with Crippen molar-refractivity contribution in [2.24, 2.45) is 0 Å². The van der Waals surface area contributed by atoms with Crippen molar-refractivity contribution in [3.63, 3.8) is 0 Å². The molecular weight excluding hydrogens is 440 g/mol. The van der Waals surface area contributed by atoms with Crippen LogP contribution in [0.5, 0.6) is 0 Å². The van der Waals surface area contributed by atoms with Gasteiger partial charge in [0.15, 0.2) is 12.6 Å². The molecule has 186 valence electrons. The van der Waals surface area contributed by atoms with Crippen LogP contribution < -0.4 is 0 Å². The van der Waals surface area contributed by atoms with Gasteiger partial charge in [-0.05, 0) is 0 Å². The second kappa shape index (κ2) is 9.97. The zero-order valence-electron chi connectivity index (χ0n) is 16.9. The van der Waals surface area contributed by atoms with Gasteiger partial charge in [0.05, 0.1) is 26.4 Å². The van der Waals surface area contributed by atoms with Crippen LogP contribution in [0.25, 0.3) is 0 Å². The van der Waals surface area contributed by atoms with E-state index in [-0.39, 0.29) is 6.61 Å². The quantitative estimate of drug-likeness (QED) is 0.188. The van der Waals surface area contributed by atoms with Crippen LogP contribution in [0.2, 0.25) is 0 Å². The summed E-state index contributed by atoms with van der Waals surface area (Å²) in [5, 5.41) is 80.1. The molecule has 0 amide bonds. The lowest BCUT2D eigenvalue weighted by atomic mass is 9.93. The van der Waals surface area contributed by atoms with Crippen molar-refractivity contribution in [3.05, 3.63) is 0 Å². The number of fused-ring (bicyclic) bond motifs is 2. The smallest absolute Gasteiger partial charge is 0.187 e. The van der Waals surface area contributed by atoms with Gasteiger partial charge in [0.25, 0.3) is 0 Å². The Morgan fingerprint density at radius 1 is 0.625 bits per heavy atom. The summed E-state index contributed by atoms with van der Waals surface area (Å²) < 4.78 is 33.5. The highest BCUT2D eigenvalue weighted by atomic mass is 16.8. The normalized spacial score (nSPS) is 54.0. The summed E-state index contributed by atoms with van der Waals surface area (Å²) in [4.78, 5) is 0. The van der Waals surface area contributed by atoms with Crippen LogP contribution in [0, 0.1) is 0 Å². The Labute approximate surface area is 182 Å². The molecule has 4 rings (SSSR count). The lowest BCUT2D eigenvalue weighted by Crippen LogP contribution is -2.71. The molecule has 0 bridgehead atoms. The van der Waals surface area contributed by atoms with Crippen LogP contribution in [0.15, 0.2) is 0 Å². The second-order valence-corrected chi connectivity index (χ2v) is 8.30. The Morgan fingerprint density at radius 3 is 1.97 bits per heavy atom. The third-order valence-corrected chi connectivity index (χ3v) is 6.27. The van der Waals surface area contributed by atoms with Crippen LogP contribution in [-0.2, 0) is 28.4 Å². The lowest BCUT2D eigenvalue weighted by Gasteiger charge is -2.54. The Kier molecular flexibility index (Phi) is 7.65. The van der Waals surface area contributed by atoms with Crippen molar-refractivity contribution in [1.82, 2.24) is 0 Å². The van der Waals surface area contributed by atoms with Crippen molar-refractivity contribution in [1.29, 1.82) is 0 Å². The molecule has 0 aromatic heterocycles. The highest BCUT2D eigenvalue weighted by Crippen LogP contribution is 2.38. The highest BCUT2D eigenvalue weighted by molar-refractivity contribution is 5.00. The number of hydrogen-bond acceptors (Lipinski definition) is 14. The van der Waals surface area contributed by atoms with Gasteiger partial charge < -0.3 is 69.3 Å². The van der Waals surface area contributed by atoms with Gasteiger partial charge in [-0.25, -0.2) is 0 Å². The van der Waals surface area contributed by atoms with E-state index < -0.39 is 106 Å². The topological polar surface area (TPSA) is 217 Å². The maximum atomic E-state index is 10.9. The van der Waals surface area contributed by atoms with Crippen molar-refractivity contribution < 1.29 is 69.3 Å². The molecule has 14 atom stereocenters. The second-order valence-electron chi connectivity index (χ2n) is 8.30. The van der Waals surface area contributed by atoms with E-state index in [0.29, 0.717) is 0 Å². The number of rotatable bonds is 5. The molecule has 0 aromatic rings. The molecule has 0 saturated carbocycles. The number of hydrogen-bond donors (Lipinski definition) is 8. The maximum Gasteiger partial charge on any atom is 0.187 e. The molecule has 0 spiro atoms. The average molecular weight is 470 g/mol. The molecule has 0 aromatic carbocycles.